The van der Waals surface area contributed by atoms with Gasteiger partial charge in [-0.3, -0.25) is 15.0 Å². The van der Waals surface area contributed by atoms with Gasteiger partial charge in [-0.2, -0.15) is 5.01 Å². The minimum Gasteiger partial charge on any atom is -0.482 e. The lowest BCUT2D eigenvalue weighted by atomic mass is 10.3. The van der Waals surface area contributed by atoms with Gasteiger partial charge in [-0.25, -0.2) is 0 Å². The van der Waals surface area contributed by atoms with E-state index in [1.165, 1.54) is 24.5 Å². The van der Waals surface area contributed by atoms with Gasteiger partial charge in [-0.15, -0.1) is 0 Å². The summed E-state index contributed by atoms with van der Waals surface area (Å²) in [5.41, 5.74) is 2.39. The van der Waals surface area contributed by atoms with Crippen LogP contribution in [0.4, 0.5) is 0 Å². The summed E-state index contributed by atoms with van der Waals surface area (Å²) in [5.74, 6) is -0.390. The van der Waals surface area contributed by atoms with E-state index in [9.17, 15) is 9.59 Å². The maximum atomic E-state index is 12.4. The van der Waals surface area contributed by atoms with E-state index in [-0.39, 0.29) is 25.1 Å². The van der Waals surface area contributed by atoms with Gasteiger partial charge in [0.05, 0.1) is 26.2 Å². The molecule has 2 aromatic rings. The number of rotatable bonds is 5. The van der Waals surface area contributed by atoms with E-state index in [4.69, 9.17) is 56.2 Å². The molecule has 0 unspecified atom stereocenters. The molecule has 1 N–H and O–H groups in total. The highest BCUT2D eigenvalue weighted by molar-refractivity contribution is 8.26. The number of carbonyl (C=O) groups is 2. The molecule has 0 bridgehead atoms. The van der Waals surface area contributed by atoms with Crippen molar-refractivity contribution in [2.24, 2.45) is 0 Å². The number of nitrogens with one attached hydrogen (secondary N) is 1. The lowest BCUT2D eigenvalue weighted by Gasteiger charge is -2.16. The maximum Gasteiger partial charge on any atom is 0.285 e. The smallest absolute Gasteiger partial charge is 0.285 e. The lowest BCUT2D eigenvalue weighted by molar-refractivity contribution is -0.134. The van der Waals surface area contributed by atoms with Crippen LogP contribution >= 0.6 is 58.8 Å². The first kappa shape index (κ1) is 20.0. The summed E-state index contributed by atoms with van der Waals surface area (Å²) in [7, 11) is 0. The van der Waals surface area contributed by atoms with Gasteiger partial charge >= 0.3 is 0 Å². The first-order valence-corrected chi connectivity index (χ1v) is 9.59. The fourth-order valence-electron chi connectivity index (χ4n) is 1.98. The molecule has 27 heavy (non-hydrogen) atoms. The Balaban J connectivity index is 1.62. The fraction of sp³-hybridized carbons (Fsp3) is 0.0625. The number of benzene rings is 1. The number of hydrazine groups is 1. The van der Waals surface area contributed by atoms with Crippen LogP contribution in [0.15, 0.2) is 39.9 Å². The Bertz CT molecular complexity index is 947. The van der Waals surface area contributed by atoms with Gasteiger partial charge in [-0.05, 0) is 30.4 Å². The molecule has 0 radical (unpaired) electrons. The van der Waals surface area contributed by atoms with Gasteiger partial charge in [0.1, 0.15) is 11.5 Å². The Morgan fingerprint density at radius 3 is 2.74 bits per heavy atom. The van der Waals surface area contributed by atoms with Crippen molar-refractivity contribution in [3.8, 4) is 5.75 Å². The zero-order valence-corrected chi connectivity index (χ0v) is 17.1. The molecule has 3 rings (SSSR count). The number of amides is 2. The van der Waals surface area contributed by atoms with Gasteiger partial charge in [0.25, 0.3) is 11.8 Å². The number of halogens is 3. The Kier molecular flexibility index (Phi) is 6.33. The summed E-state index contributed by atoms with van der Waals surface area (Å²) in [5, 5.41) is 1.66. The SMILES string of the molecule is O=C(COc1cc(Cl)c(Cl)cc1Cl)NN1C(=O)C(=Cc2ccco2)SC1=S. The summed E-state index contributed by atoms with van der Waals surface area (Å²) in [6.45, 7) is -0.411. The van der Waals surface area contributed by atoms with E-state index >= 15 is 0 Å². The third kappa shape index (κ3) is 4.77. The average molecular weight is 464 g/mol. The van der Waals surface area contributed by atoms with E-state index in [0.717, 1.165) is 16.8 Å². The molecule has 0 aliphatic carbocycles. The summed E-state index contributed by atoms with van der Waals surface area (Å²) >= 11 is 23.9. The van der Waals surface area contributed by atoms with Crippen molar-refractivity contribution in [3.63, 3.8) is 0 Å². The molecule has 140 valence electrons. The second-order valence-electron chi connectivity index (χ2n) is 5.05. The predicted octanol–water partition coefficient (Wildman–Crippen LogP) is 4.55. The Hall–Kier alpha value is -1.71. The summed E-state index contributed by atoms with van der Waals surface area (Å²) < 4.78 is 10.7. The maximum absolute atomic E-state index is 12.4. The second-order valence-corrected chi connectivity index (χ2v) is 7.95. The van der Waals surface area contributed by atoms with Crippen LogP contribution in [0.3, 0.4) is 0 Å². The molecule has 2 heterocycles. The van der Waals surface area contributed by atoms with Crippen molar-refractivity contribution in [2.75, 3.05) is 6.61 Å². The summed E-state index contributed by atoms with van der Waals surface area (Å²) in [6.07, 6.45) is 3.03. The van der Waals surface area contributed by atoms with E-state index in [1.807, 2.05) is 0 Å². The van der Waals surface area contributed by atoms with Crippen LogP contribution in [0.5, 0.6) is 5.75 Å². The molecule has 0 saturated carbocycles. The first-order valence-electron chi connectivity index (χ1n) is 7.23. The van der Waals surface area contributed by atoms with Crippen LogP contribution in [0, 0.1) is 0 Å². The second kappa shape index (κ2) is 8.53. The number of hydrogen-bond acceptors (Lipinski definition) is 6. The van der Waals surface area contributed by atoms with Gasteiger partial charge in [0.15, 0.2) is 10.9 Å². The van der Waals surface area contributed by atoms with Crippen LogP contribution < -0.4 is 10.2 Å². The number of ether oxygens (including phenoxy) is 1. The molecule has 11 heteroatoms. The normalized spacial score (nSPS) is 15.5. The molecule has 1 aromatic heterocycles. The quantitative estimate of drug-likeness (QED) is 0.398. The highest BCUT2D eigenvalue weighted by Crippen LogP contribution is 2.34. The van der Waals surface area contributed by atoms with Gasteiger partial charge in [-0.1, -0.05) is 46.6 Å². The molecule has 0 atom stereocenters. The van der Waals surface area contributed by atoms with Crippen LogP contribution in [-0.4, -0.2) is 27.8 Å². The standard InChI is InChI=1S/C16H9Cl3N2O4S2/c17-9-5-11(19)12(6-10(9)18)25-7-14(22)20-21-15(23)13(27-16(21)26)4-8-2-1-3-24-8/h1-6H,7H2,(H,20,22). The molecule has 1 aliphatic heterocycles. The van der Waals surface area contributed by atoms with E-state index in [2.05, 4.69) is 5.43 Å². The lowest BCUT2D eigenvalue weighted by Crippen LogP contribution is -2.46. The van der Waals surface area contributed by atoms with Crippen LogP contribution in [-0.2, 0) is 9.59 Å². The molecule has 6 nitrogen and oxygen atoms in total. The zero-order valence-electron chi connectivity index (χ0n) is 13.2. The van der Waals surface area contributed by atoms with E-state index < -0.39 is 18.4 Å². The summed E-state index contributed by atoms with van der Waals surface area (Å²) in [4.78, 5) is 24.8. The Morgan fingerprint density at radius 1 is 1.30 bits per heavy atom. The topological polar surface area (TPSA) is 71.8 Å². The number of furan rings is 1. The third-order valence-corrected chi connectivity index (χ3v) is 5.50. The monoisotopic (exact) mass is 462 g/mol. The highest BCUT2D eigenvalue weighted by atomic mass is 35.5. The predicted molar refractivity (Wildman–Crippen MR) is 109 cm³/mol. The molecule has 1 aliphatic rings. The molecule has 1 aromatic carbocycles. The molecule has 2 amide bonds. The van der Waals surface area contributed by atoms with Gasteiger partial charge < -0.3 is 9.15 Å². The van der Waals surface area contributed by atoms with Gasteiger partial charge in [0, 0.05) is 12.1 Å². The molecule has 1 fully saturated rings. The van der Waals surface area contributed by atoms with Crippen molar-refractivity contribution in [2.45, 2.75) is 0 Å². The molecule has 1 saturated heterocycles. The molecular formula is C16H9Cl3N2O4S2. The van der Waals surface area contributed by atoms with E-state index in [0.29, 0.717) is 10.7 Å². The van der Waals surface area contributed by atoms with Gasteiger partial charge in [0.2, 0.25) is 0 Å². The number of carbonyl (C=O) groups excluding carboxylic acids is 2. The minimum absolute atomic E-state index is 0.179. The number of hydrogen-bond donors (Lipinski definition) is 1. The minimum atomic E-state index is -0.604. The van der Waals surface area contributed by atoms with Crippen LogP contribution in [0.25, 0.3) is 6.08 Å². The number of thiocarbonyl (C=S) groups is 1. The Morgan fingerprint density at radius 2 is 2.04 bits per heavy atom. The van der Waals surface area contributed by atoms with Crippen LogP contribution in [0.1, 0.15) is 5.76 Å². The zero-order chi connectivity index (χ0) is 19.6. The van der Waals surface area contributed by atoms with Crippen LogP contribution in [0.2, 0.25) is 15.1 Å². The molecular weight excluding hydrogens is 455 g/mol. The first-order chi connectivity index (χ1) is 12.8. The fourth-order valence-corrected chi connectivity index (χ4v) is 3.73. The Labute approximate surface area is 178 Å². The van der Waals surface area contributed by atoms with Crippen molar-refractivity contribution < 1.29 is 18.7 Å². The summed E-state index contributed by atoms with van der Waals surface area (Å²) in [6, 6.07) is 6.19. The largest absolute Gasteiger partial charge is 0.482 e. The molecule has 0 spiro atoms. The average Bonchev–Trinajstić information content (AvgIpc) is 3.21. The van der Waals surface area contributed by atoms with Crippen molar-refractivity contribution >= 4 is 81.0 Å². The van der Waals surface area contributed by atoms with Crippen molar-refractivity contribution in [1.82, 2.24) is 10.4 Å². The number of thioether (sulfide) groups is 1. The highest BCUT2D eigenvalue weighted by Gasteiger charge is 2.33. The van der Waals surface area contributed by atoms with E-state index in [1.54, 1.807) is 12.1 Å². The third-order valence-electron chi connectivity index (χ3n) is 3.18. The number of nitrogens with zero attached hydrogens (tertiary/aromatic N) is 1. The van der Waals surface area contributed by atoms with Crippen molar-refractivity contribution in [1.29, 1.82) is 0 Å². The van der Waals surface area contributed by atoms with Crippen molar-refractivity contribution in [3.05, 3.63) is 56.3 Å².